The summed E-state index contributed by atoms with van der Waals surface area (Å²) in [5.74, 6) is 0.698. The summed E-state index contributed by atoms with van der Waals surface area (Å²) < 4.78 is 47.5. The van der Waals surface area contributed by atoms with Gasteiger partial charge in [-0.2, -0.15) is 4.31 Å². The highest BCUT2D eigenvalue weighted by atomic mass is 127. The van der Waals surface area contributed by atoms with Gasteiger partial charge in [-0.05, 0) is 33.1 Å². The Morgan fingerprint density at radius 2 is 1.92 bits per heavy atom. The molecule has 1 aliphatic heterocycles. The van der Waals surface area contributed by atoms with Crippen LogP contribution < -0.4 is 10.6 Å². The molecule has 1 aliphatic rings. The van der Waals surface area contributed by atoms with Gasteiger partial charge in [-0.1, -0.05) is 0 Å². The van der Waals surface area contributed by atoms with E-state index < -0.39 is 19.9 Å². The molecule has 25 heavy (non-hydrogen) atoms. The number of aliphatic imine (C=N–C) groups is 1. The molecule has 1 saturated heterocycles. The van der Waals surface area contributed by atoms with E-state index in [0.717, 1.165) is 12.8 Å². The van der Waals surface area contributed by atoms with Gasteiger partial charge in [0.25, 0.3) is 0 Å². The summed E-state index contributed by atoms with van der Waals surface area (Å²) in [5, 5.41) is 6.28. The molecule has 0 aromatic heterocycles. The quantitative estimate of drug-likeness (QED) is 0.278. The van der Waals surface area contributed by atoms with E-state index >= 15 is 0 Å². The van der Waals surface area contributed by atoms with Crippen LogP contribution in [0.5, 0.6) is 0 Å². The zero-order valence-corrected chi connectivity index (χ0v) is 19.3. The van der Waals surface area contributed by atoms with E-state index in [-0.39, 0.29) is 41.8 Å². The molecule has 0 saturated carbocycles. The number of halogens is 1. The SMILES string of the molecule is CCNC(=NC[C@H]1CCCN1S(C)(=O)=O)NC(C)CCS(C)(=O)=O.I. The maximum atomic E-state index is 11.8. The minimum atomic E-state index is -3.20. The molecule has 1 unspecified atom stereocenters. The van der Waals surface area contributed by atoms with Crippen LogP contribution in [0.2, 0.25) is 0 Å². The van der Waals surface area contributed by atoms with Crippen LogP contribution in [0.1, 0.15) is 33.1 Å². The third-order valence-electron chi connectivity index (χ3n) is 3.86. The van der Waals surface area contributed by atoms with Crippen molar-refractivity contribution in [1.29, 1.82) is 0 Å². The molecular formula is C14H31IN4O4S2. The van der Waals surface area contributed by atoms with Gasteiger partial charge in [-0.25, -0.2) is 16.8 Å². The molecule has 1 rings (SSSR count). The van der Waals surface area contributed by atoms with Crippen molar-refractivity contribution in [2.45, 2.75) is 45.2 Å². The second-order valence-electron chi connectivity index (χ2n) is 6.35. The largest absolute Gasteiger partial charge is 0.357 e. The van der Waals surface area contributed by atoms with Crippen LogP contribution in [0, 0.1) is 0 Å². The van der Waals surface area contributed by atoms with Crippen molar-refractivity contribution in [2.75, 3.05) is 37.9 Å². The molecule has 11 heteroatoms. The molecule has 1 heterocycles. The van der Waals surface area contributed by atoms with Gasteiger partial charge in [0, 0.05) is 31.4 Å². The Balaban J connectivity index is 0.00000576. The van der Waals surface area contributed by atoms with Crippen LogP contribution in [0.25, 0.3) is 0 Å². The Hall–Kier alpha value is -0.140. The number of hydrogen-bond acceptors (Lipinski definition) is 5. The molecule has 2 atom stereocenters. The summed E-state index contributed by atoms with van der Waals surface area (Å²) in [6.45, 7) is 5.45. The van der Waals surface area contributed by atoms with Crippen molar-refractivity contribution in [2.24, 2.45) is 4.99 Å². The predicted molar refractivity (Wildman–Crippen MR) is 113 cm³/mol. The number of sulfone groups is 1. The van der Waals surface area contributed by atoms with Crippen molar-refractivity contribution in [3.8, 4) is 0 Å². The van der Waals surface area contributed by atoms with E-state index in [1.807, 2.05) is 13.8 Å². The second kappa shape index (κ2) is 10.9. The number of guanidine groups is 1. The normalized spacial score (nSPS) is 20.8. The lowest BCUT2D eigenvalue weighted by Crippen LogP contribution is -2.44. The number of rotatable bonds is 8. The zero-order chi connectivity index (χ0) is 18.4. The third kappa shape index (κ3) is 9.94. The molecule has 0 aromatic rings. The number of nitrogens with one attached hydrogen (secondary N) is 2. The molecule has 1 fully saturated rings. The average molecular weight is 510 g/mol. The fourth-order valence-electron chi connectivity index (χ4n) is 2.64. The maximum Gasteiger partial charge on any atom is 0.211 e. The second-order valence-corrected chi connectivity index (χ2v) is 10.5. The molecule has 0 spiro atoms. The van der Waals surface area contributed by atoms with Crippen LogP contribution in [0.15, 0.2) is 4.99 Å². The van der Waals surface area contributed by atoms with E-state index in [2.05, 4.69) is 15.6 Å². The fourth-order valence-corrected chi connectivity index (χ4v) is 4.60. The van der Waals surface area contributed by atoms with Crippen molar-refractivity contribution in [3.63, 3.8) is 0 Å². The highest BCUT2D eigenvalue weighted by Crippen LogP contribution is 2.20. The van der Waals surface area contributed by atoms with Gasteiger partial charge >= 0.3 is 0 Å². The Bertz CT molecular complexity index is 637. The average Bonchev–Trinajstić information content (AvgIpc) is 2.90. The van der Waals surface area contributed by atoms with Crippen molar-refractivity contribution in [3.05, 3.63) is 0 Å². The molecule has 0 aromatic carbocycles. The van der Waals surface area contributed by atoms with Gasteiger partial charge in [0.05, 0.1) is 18.6 Å². The molecule has 0 radical (unpaired) electrons. The van der Waals surface area contributed by atoms with Crippen LogP contribution in [0.4, 0.5) is 0 Å². The summed E-state index contributed by atoms with van der Waals surface area (Å²) in [7, 11) is -6.19. The summed E-state index contributed by atoms with van der Waals surface area (Å²) in [4.78, 5) is 4.48. The molecule has 2 N–H and O–H groups in total. The molecule has 0 aliphatic carbocycles. The lowest BCUT2D eigenvalue weighted by molar-refractivity contribution is 0.396. The standard InChI is InChI=1S/C14H30N4O4S2.HI/c1-5-15-14(17-12(2)8-10-23(3,19)20)16-11-13-7-6-9-18(13)24(4,21)22;/h12-13H,5-11H2,1-4H3,(H2,15,16,17);1H/t12?,13-;/m1./s1. The molecule has 0 amide bonds. The Morgan fingerprint density at radius 3 is 2.44 bits per heavy atom. The van der Waals surface area contributed by atoms with E-state index in [4.69, 9.17) is 0 Å². The van der Waals surface area contributed by atoms with Gasteiger partial charge in [0.2, 0.25) is 10.0 Å². The predicted octanol–water partition coefficient (Wildman–Crippen LogP) is 0.407. The summed E-state index contributed by atoms with van der Waals surface area (Å²) >= 11 is 0. The zero-order valence-electron chi connectivity index (χ0n) is 15.4. The first kappa shape index (κ1) is 24.9. The molecular weight excluding hydrogens is 479 g/mol. The van der Waals surface area contributed by atoms with Crippen LogP contribution in [0.3, 0.4) is 0 Å². The van der Waals surface area contributed by atoms with Gasteiger partial charge in [0.1, 0.15) is 9.84 Å². The monoisotopic (exact) mass is 510 g/mol. The fraction of sp³-hybridized carbons (Fsp3) is 0.929. The summed E-state index contributed by atoms with van der Waals surface area (Å²) in [6, 6.07) is -0.158. The molecule has 150 valence electrons. The number of hydrogen-bond donors (Lipinski definition) is 2. The Morgan fingerprint density at radius 1 is 1.28 bits per heavy atom. The molecule has 8 nitrogen and oxygen atoms in total. The minimum absolute atomic E-state index is 0. The van der Waals surface area contributed by atoms with Crippen molar-refractivity contribution >= 4 is 49.8 Å². The summed E-state index contributed by atoms with van der Waals surface area (Å²) in [6.07, 6.45) is 4.59. The first-order chi connectivity index (χ1) is 11.0. The van der Waals surface area contributed by atoms with Gasteiger partial charge < -0.3 is 10.6 Å². The topological polar surface area (TPSA) is 108 Å². The van der Waals surface area contributed by atoms with E-state index in [1.165, 1.54) is 16.8 Å². The molecule has 0 bridgehead atoms. The van der Waals surface area contributed by atoms with Crippen LogP contribution in [-0.2, 0) is 19.9 Å². The Kier molecular flexibility index (Phi) is 10.8. The highest BCUT2D eigenvalue weighted by Gasteiger charge is 2.31. The van der Waals surface area contributed by atoms with Crippen molar-refractivity contribution in [1.82, 2.24) is 14.9 Å². The lowest BCUT2D eigenvalue weighted by Gasteiger charge is -2.22. The van der Waals surface area contributed by atoms with E-state index in [9.17, 15) is 16.8 Å². The number of sulfonamides is 1. The van der Waals surface area contributed by atoms with Gasteiger partial charge in [0.15, 0.2) is 5.96 Å². The third-order valence-corrected chi connectivity index (χ3v) is 6.17. The number of nitrogens with zero attached hydrogens (tertiary/aromatic N) is 2. The summed E-state index contributed by atoms with van der Waals surface area (Å²) in [5.41, 5.74) is 0. The first-order valence-electron chi connectivity index (χ1n) is 8.22. The highest BCUT2D eigenvalue weighted by molar-refractivity contribution is 14.0. The lowest BCUT2D eigenvalue weighted by atomic mass is 10.2. The van der Waals surface area contributed by atoms with E-state index in [0.29, 0.717) is 32.0 Å². The van der Waals surface area contributed by atoms with E-state index in [1.54, 1.807) is 0 Å². The van der Waals surface area contributed by atoms with Crippen LogP contribution in [-0.4, -0.2) is 77.1 Å². The van der Waals surface area contributed by atoms with Gasteiger partial charge in [-0.15, -0.1) is 24.0 Å². The maximum absolute atomic E-state index is 11.8. The Labute approximate surface area is 169 Å². The smallest absolute Gasteiger partial charge is 0.211 e. The first-order valence-corrected chi connectivity index (χ1v) is 12.1. The van der Waals surface area contributed by atoms with Crippen LogP contribution >= 0.6 is 24.0 Å². The minimum Gasteiger partial charge on any atom is -0.357 e. The van der Waals surface area contributed by atoms with Crippen molar-refractivity contribution < 1.29 is 16.8 Å². The van der Waals surface area contributed by atoms with Gasteiger partial charge in [-0.3, -0.25) is 4.99 Å².